The van der Waals surface area contributed by atoms with E-state index in [0.717, 1.165) is 23.1 Å². The molecule has 0 spiro atoms. The predicted octanol–water partition coefficient (Wildman–Crippen LogP) is 5.05. The molecule has 4 rings (SSSR count). The zero-order valence-electron chi connectivity index (χ0n) is 13.8. The van der Waals surface area contributed by atoms with Crippen LogP contribution >= 0.6 is 11.6 Å². The average molecular weight is 389 g/mol. The van der Waals surface area contributed by atoms with E-state index in [1.807, 2.05) is 0 Å². The molecule has 1 N–H and O–H groups in total. The lowest BCUT2D eigenvalue weighted by Crippen LogP contribution is -2.06. The molecule has 0 unspecified atom stereocenters. The van der Waals surface area contributed by atoms with Crippen LogP contribution in [-0.2, 0) is 12.6 Å². The summed E-state index contributed by atoms with van der Waals surface area (Å²) in [5.41, 5.74) is 2.06. The smallest absolute Gasteiger partial charge is 0.369 e. The SMILES string of the molecule is N#Cc1ccc(-n2nc(-c3ccc(Cl)c(C(F)(F)F)c3)c3c2NCC3)cc1. The van der Waals surface area contributed by atoms with Crippen LogP contribution in [0, 0.1) is 11.3 Å². The van der Waals surface area contributed by atoms with Crippen LogP contribution in [0.5, 0.6) is 0 Å². The number of rotatable bonds is 2. The van der Waals surface area contributed by atoms with Crippen molar-refractivity contribution in [1.29, 1.82) is 5.26 Å². The first-order valence-electron chi connectivity index (χ1n) is 8.12. The lowest BCUT2D eigenvalue weighted by molar-refractivity contribution is -0.137. The summed E-state index contributed by atoms with van der Waals surface area (Å²) in [5.74, 6) is 0.748. The Labute approximate surface area is 157 Å². The van der Waals surface area contributed by atoms with Gasteiger partial charge in [-0.3, -0.25) is 0 Å². The molecule has 27 heavy (non-hydrogen) atoms. The van der Waals surface area contributed by atoms with E-state index >= 15 is 0 Å². The van der Waals surface area contributed by atoms with E-state index in [-0.39, 0.29) is 5.02 Å². The van der Waals surface area contributed by atoms with E-state index in [1.165, 1.54) is 6.07 Å². The van der Waals surface area contributed by atoms with Crippen molar-refractivity contribution >= 4 is 17.4 Å². The van der Waals surface area contributed by atoms with Crippen molar-refractivity contribution in [2.75, 3.05) is 11.9 Å². The molecule has 0 fully saturated rings. The Balaban J connectivity index is 1.85. The number of fused-ring (bicyclic) bond motifs is 1. The van der Waals surface area contributed by atoms with E-state index in [9.17, 15) is 13.2 Å². The summed E-state index contributed by atoms with van der Waals surface area (Å²) in [4.78, 5) is 0. The number of alkyl halides is 3. The highest BCUT2D eigenvalue weighted by Gasteiger charge is 2.34. The van der Waals surface area contributed by atoms with Crippen molar-refractivity contribution in [2.24, 2.45) is 0 Å². The maximum atomic E-state index is 13.2. The van der Waals surface area contributed by atoms with Crippen LogP contribution in [0.3, 0.4) is 0 Å². The molecule has 1 aliphatic heterocycles. The summed E-state index contributed by atoms with van der Waals surface area (Å²) >= 11 is 5.73. The normalized spacial score (nSPS) is 13.1. The molecule has 1 aromatic heterocycles. The van der Waals surface area contributed by atoms with Gasteiger partial charge in [0.1, 0.15) is 5.82 Å². The second-order valence-corrected chi connectivity index (χ2v) is 6.52. The third kappa shape index (κ3) is 3.02. The summed E-state index contributed by atoms with van der Waals surface area (Å²) in [5, 5.41) is 16.4. The number of nitrogens with zero attached hydrogens (tertiary/aromatic N) is 3. The maximum Gasteiger partial charge on any atom is 0.417 e. The quantitative estimate of drug-likeness (QED) is 0.668. The Morgan fingerprint density at radius 3 is 2.56 bits per heavy atom. The van der Waals surface area contributed by atoms with Crippen molar-refractivity contribution in [3.8, 4) is 23.0 Å². The average Bonchev–Trinajstić information content (AvgIpc) is 3.24. The fourth-order valence-electron chi connectivity index (χ4n) is 3.16. The predicted molar refractivity (Wildman–Crippen MR) is 95.9 cm³/mol. The van der Waals surface area contributed by atoms with Gasteiger partial charge in [-0.15, -0.1) is 0 Å². The largest absolute Gasteiger partial charge is 0.417 e. The lowest BCUT2D eigenvalue weighted by atomic mass is 10.0. The van der Waals surface area contributed by atoms with E-state index in [4.69, 9.17) is 16.9 Å². The van der Waals surface area contributed by atoms with Crippen LogP contribution in [-0.4, -0.2) is 16.3 Å². The zero-order valence-corrected chi connectivity index (χ0v) is 14.6. The van der Waals surface area contributed by atoms with Crippen molar-refractivity contribution < 1.29 is 13.2 Å². The summed E-state index contributed by atoms with van der Waals surface area (Å²) < 4.78 is 41.3. The van der Waals surface area contributed by atoms with Gasteiger partial charge in [0, 0.05) is 17.7 Å². The number of nitriles is 1. The minimum atomic E-state index is -4.54. The van der Waals surface area contributed by atoms with Gasteiger partial charge in [-0.2, -0.15) is 23.5 Å². The highest BCUT2D eigenvalue weighted by atomic mass is 35.5. The molecule has 2 heterocycles. The third-order valence-corrected chi connectivity index (χ3v) is 4.77. The molecule has 0 bridgehead atoms. The van der Waals surface area contributed by atoms with Gasteiger partial charge >= 0.3 is 6.18 Å². The van der Waals surface area contributed by atoms with Crippen molar-refractivity contribution in [1.82, 2.24) is 9.78 Å². The van der Waals surface area contributed by atoms with E-state index in [0.29, 0.717) is 29.8 Å². The van der Waals surface area contributed by atoms with Crippen LogP contribution in [0.25, 0.3) is 16.9 Å². The van der Waals surface area contributed by atoms with E-state index in [2.05, 4.69) is 16.5 Å². The highest BCUT2D eigenvalue weighted by molar-refractivity contribution is 6.31. The maximum absolute atomic E-state index is 13.2. The summed E-state index contributed by atoms with van der Waals surface area (Å²) in [7, 11) is 0. The van der Waals surface area contributed by atoms with Crippen molar-refractivity contribution in [3.63, 3.8) is 0 Å². The molecule has 0 saturated heterocycles. The Bertz CT molecular complexity index is 1060. The number of halogens is 4. The van der Waals surface area contributed by atoms with Gasteiger partial charge in [0.05, 0.1) is 33.6 Å². The monoisotopic (exact) mass is 388 g/mol. The fourth-order valence-corrected chi connectivity index (χ4v) is 3.39. The Morgan fingerprint density at radius 2 is 1.89 bits per heavy atom. The minimum Gasteiger partial charge on any atom is -0.369 e. The zero-order chi connectivity index (χ0) is 19.2. The molecular formula is C19H12ClF3N4. The molecule has 1 aliphatic rings. The second kappa shape index (κ2) is 6.32. The molecule has 0 saturated carbocycles. The van der Waals surface area contributed by atoms with Crippen LogP contribution < -0.4 is 5.32 Å². The van der Waals surface area contributed by atoms with E-state index in [1.54, 1.807) is 35.0 Å². The van der Waals surface area contributed by atoms with Gasteiger partial charge in [-0.25, -0.2) is 4.68 Å². The number of anilines is 1. The Hall–Kier alpha value is -2.98. The summed E-state index contributed by atoms with van der Waals surface area (Å²) in [6.07, 6.45) is -3.88. The van der Waals surface area contributed by atoms with Crippen LogP contribution in [0.4, 0.5) is 19.0 Å². The molecule has 8 heteroatoms. The van der Waals surface area contributed by atoms with E-state index < -0.39 is 11.7 Å². The molecule has 3 aromatic rings. The van der Waals surface area contributed by atoms with Gasteiger partial charge in [0.15, 0.2) is 0 Å². The molecule has 0 aliphatic carbocycles. The number of hydrogen-bond acceptors (Lipinski definition) is 3. The highest BCUT2D eigenvalue weighted by Crippen LogP contribution is 2.40. The molecular weight excluding hydrogens is 377 g/mol. The van der Waals surface area contributed by atoms with Crippen LogP contribution in [0.2, 0.25) is 5.02 Å². The molecule has 0 radical (unpaired) electrons. The first-order chi connectivity index (χ1) is 12.9. The third-order valence-electron chi connectivity index (χ3n) is 4.44. The second-order valence-electron chi connectivity index (χ2n) is 6.12. The Morgan fingerprint density at radius 1 is 1.15 bits per heavy atom. The van der Waals surface area contributed by atoms with Crippen molar-refractivity contribution in [3.05, 3.63) is 64.2 Å². The number of benzene rings is 2. The first kappa shape index (κ1) is 17.4. The molecule has 0 atom stereocenters. The standard InChI is InChI=1S/C19H12ClF3N4/c20-16-6-3-12(9-15(16)19(21,22)23)17-14-7-8-25-18(14)27(26-17)13-4-1-11(10-24)2-5-13/h1-6,9,25H,7-8H2. The number of aromatic nitrogens is 2. The first-order valence-corrected chi connectivity index (χ1v) is 8.49. The van der Waals surface area contributed by atoms with Gasteiger partial charge in [0.25, 0.3) is 0 Å². The number of nitrogens with one attached hydrogen (secondary N) is 1. The van der Waals surface area contributed by atoms with Gasteiger partial charge in [0.2, 0.25) is 0 Å². The molecule has 4 nitrogen and oxygen atoms in total. The fraction of sp³-hybridized carbons (Fsp3) is 0.158. The molecule has 136 valence electrons. The topological polar surface area (TPSA) is 53.6 Å². The van der Waals surface area contributed by atoms with Gasteiger partial charge in [-0.1, -0.05) is 17.7 Å². The van der Waals surface area contributed by atoms with Crippen molar-refractivity contribution in [2.45, 2.75) is 12.6 Å². The van der Waals surface area contributed by atoms with Gasteiger partial charge in [-0.05, 0) is 42.8 Å². The molecule has 0 amide bonds. The Kier molecular flexibility index (Phi) is 4.08. The summed E-state index contributed by atoms with van der Waals surface area (Å²) in [6, 6.07) is 12.7. The molecule has 2 aromatic carbocycles. The van der Waals surface area contributed by atoms with Crippen LogP contribution in [0.15, 0.2) is 42.5 Å². The summed E-state index contributed by atoms with van der Waals surface area (Å²) in [6.45, 7) is 0.677. The number of hydrogen-bond donors (Lipinski definition) is 1. The lowest BCUT2D eigenvalue weighted by Gasteiger charge is -2.10. The minimum absolute atomic E-state index is 0.340. The van der Waals surface area contributed by atoms with Crippen LogP contribution in [0.1, 0.15) is 16.7 Å². The van der Waals surface area contributed by atoms with Gasteiger partial charge < -0.3 is 5.32 Å².